The van der Waals surface area contributed by atoms with Gasteiger partial charge in [-0.2, -0.15) is 13.2 Å². The predicted octanol–water partition coefficient (Wildman–Crippen LogP) is 3.55. The number of carbonyl (C=O) groups is 1. The molecule has 9 heteroatoms. The van der Waals surface area contributed by atoms with Crippen LogP contribution in [0.2, 0.25) is 0 Å². The molecule has 1 aliphatic heterocycles. The molecule has 0 unspecified atom stereocenters. The Hall–Kier alpha value is -3.07. The standard InChI is InChI=1S/C21H21F3N4O2/c1-30-14-6-7-17-18(12-14)26-19(25-17)13-27-8-10-28(11-9-27)20(29)15-4-2-3-5-16(15)21(22,23)24/h2-7,12H,8-11,13H2,1H3,(H,25,26). The zero-order valence-corrected chi connectivity index (χ0v) is 16.4. The number of H-pyrrole nitrogens is 1. The summed E-state index contributed by atoms with van der Waals surface area (Å²) in [6.45, 7) is 2.40. The summed E-state index contributed by atoms with van der Waals surface area (Å²) in [6, 6.07) is 10.5. The van der Waals surface area contributed by atoms with Crippen molar-refractivity contribution in [2.24, 2.45) is 0 Å². The number of amides is 1. The topological polar surface area (TPSA) is 61.5 Å². The van der Waals surface area contributed by atoms with Crippen molar-refractivity contribution in [1.29, 1.82) is 0 Å². The van der Waals surface area contributed by atoms with E-state index in [9.17, 15) is 18.0 Å². The normalized spacial score (nSPS) is 15.5. The Labute approximate surface area is 171 Å². The van der Waals surface area contributed by atoms with Gasteiger partial charge in [-0.15, -0.1) is 0 Å². The van der Waals surface area contributed by atoms with Crippen LogP contribution in [0.3, 0.4) is 0 Å². The van der Waals surface area contributed by atoms with Crippen molar-refractivity contribution in [2.75, 3.05) is 33.3 Å². The van der Waals surface area contributed by atoms with Crippen molar-refractivity contribution in [1.82, 2.24) is 19.8 Å². The summed E-state index contributed by atoms with van der Waals surface area (Å²) < 4.78 is 44.9. The van der Waals surface area contributed by atoms with Gasteiger partial charge in [-0.25, -0.2) is 4.98 Å². The lowest BCUT2D eigenvalue weighted by Gasteiger charge is -2.34. The molecule has 0 saturated carbocycles. The van der Waals surface area contributed by atoms with E-state index in [1.807, 2.05) is 18.2 Å². The van der Waals surface area contributed by atoms with Crippen LogP contribution >= 0.6 is 0 Å². The summed E-state index contributed by atoms with van der Waals surface area (Å²) in [5.41, 5.74) is 0.519. The molecule has 158 valence electrons. The van der Waals surface area contributed by atoms with Crippen LogP contribution in [0.25, 0.3) is 11.0 Å². The maximum atomic E-state index is 13.2. The van der Waals surface area contributed by atoms with Crippen LogP contribution in [-0.4, -0.2) is 59.0 Å². The number of halogens is 3. The van der Waals surface area contributed by atoms with Crippen LogP contribution in [0.1, 0.15) is 21.7 Å². The highest BCUT2D eigenvalue weighted by atomic mass is 19.4. The number of aromatic amines is 1. The van der Waals surface area contributed by atoms with E-state index in [2.05, 4.69) is 14.9 Å². The molecule has 0 spiro atoms. The highest BCUT2D eigenvalue weighted by molar-refractivity contribution is 5.96. The predicted molar refractivity (Wildman–Crippen MR) is 105 cm³/mol. The van der Waals surface area contributed by atoms with Crippen LogP contribution in [0, 0.1) is 0 Å². The summed E-state index contributed by atoms with van der Waals surface area (Å²) in [5, 5.41) is 0. The lowest BCUT2D eigenvalue weighted by atomic mass is 10.1. The number of carbonyl (C=O) groups excluding carboxylic acids is 1. The number of alkyl halides is 3. The summed E-state index contributed by atoms with van der Waals surface area (Å²) in [5.74, 6) is 0.947. The average molecular weight is 418 g/mol. The number of fused-ring (bicyclic) bond motifs is 1. The lowest BCUT2D eigenvalue weighted by molar-refractivity contribution is -0.138. The molecule has 0 atom stereocenters. The summed E-state index contributed by atoms with van der Waals surface area (Å²) >= 11 is 0. The molecule has 0 aliphatic carbocycles. The fraction of sp³-hybridized carbons (Fsp3) is 0.333. The largest absolute Gasteiger partial charge is 0.497 e. The van der Waals surface area contributed by atoms with Gasteiger partial charge in [-0.1, -0.05) is 12.1 Å². The van der Waals surface area contributed by atoms with E-state index >= 15 is 0 Å². The van der Waals surface area contributed by atoms with Gasteiger partial charge in [-0.05, 0) is 24.3 Å². The van der Waals surface area contributed by atoms with E-state index in [1.54, 1.807) is 7.11 Å². The number of rotatable bonds is 4. The summed E-state index contributed by atoms with van der Waals surface area (Å²) in [4.78, 5) is 24.1. The molecule has 0 bridgehead atoms. The molecule has 2 aromatic carbocycles. The number of hydrogen-bond donors (Lipinski definition) is 1. The number of hydrogen-bond acceptors (Lipinski definition) is 4. The molecule has 1 saturated heterocycles. The molecule has 3 aromatic rings. The minimum absolute atomic E-state index is 0.301. The first-order valence-electron chi connectivity index (χ1n) is 9.55. The minimum Gasteiger partial charge on any atom is -0.497 e. The van der Waals surface area contributed by atoms with Crippen molar-refractivity contribution in [3.8, 4) is 5.75 Å². The Morgan fingerprint density at radius 2 is 1.87 bits per heavy atom. The van der Waals surface area contributed by atoms with Crippen molar-refractivity contribution in [3.05, 3.63) is 59.4 Å². The second kappa shape index (κ2) is 7.98. The van der Waals surface area contributed by atoms with E-state index in [-0.39, 0.29) is 5.56 Å². The Morgan fingerprint density at radius 1 is 1.13 bits per heavy atom. The van der Waals surface area contributed by atoms with Gasteiger partial charge >= 0.3 is 6.18 Å². The van der Waals surface area contributed by atoms with E-state index < -0.39 is 17.6 Å². The second-order valence-electron chi connectivity index (χ2n) is 7.18. The lowest BCUT2D eigenvalue weighted by Crippen LogP contribution is -2.48. The molecular formula is C21H21F3N4O2. The third kappa shape index (κ3) is 4.11. The van der Waals surface area contributed by atoms with Gasteiger partial charge < -0.3 is 14.6 Å². The van der Waals surface area contributed by atoms with E-state index in [4.69, 9.17) is 4.74 Å². The van der Waals surface area contributed by atoms with Gasteiger partial charge in [0.05, 0.1) is 35.8 Å². The van der Waals surface area contributed by atoms with Crippen LogP contribution in [0.15, 0.2) is 42.5 Å². The van der Waals surface area contributed by atoms with Gasteiger partial charge in [0, 0.05) is 32.2 Å². The smallest absolute Gasteiger partial charge is 0.417 e. The molecule has 4 rings (SSSR count). The maximum Gasteiger partial charge on any atom is 0.417 e. The monoisotopic (exact) mass is 418 g/mol. The number of piperazine rings is 1. The molecule has 1 aliphatic rings. The molecule has 1 aromatic heterocycles. The van der Waals surface area contributed by atoms with Crippen molar-refractivity contribution in [2.45, 2.75) is 12.7 Å². The fourth-order valence-electron chi connectivity index (χ4n) is 3.65. The molecule has 1 fully saturated rings. The van der Waals surface area contributed by atoms with Gasteiger partial charge in [0.1, 0.15) is 11.6 Å². The van der Waals surface area contributed by atoms with Crippen molar-refractivity contribution >= 4 is 16.9 Å². The molecule has 30 heavy (non-hydrogen) atoms. The number of aromatic nitrogens is 2. The van der Waals surface area contributed by atoms with Crippen LogP contribution in [0.4, 0.5) is 13.2 Å². The van der Waals surface area contributed by atoms with Crippen LogP contribution < -0.4 is 4.74 Å². The zero-order chi connectivity index (χ0) is 21.3. The molecule has 2 heterocycles. The Kier molecular flexibility index (Phi) is 5.38. The summed E-state index contributed by atoms with van der Waals surface area (Å²) in [6.07, 6.45) is -4.56. The zero-order valence-electron chi connectivity index (χ0n) is 16.4. The number of ether oxygens (including phenoxy) is 1. The van der Waals surface area contributed by atoms with Crippen molar-refractivity contribution < 1.29 is 22.7 Å². The number of imidazole rings is 1. The van der Waals surface area contributed by atoms with E-state index in [0.717, 1.165) is 28.7 Å². The highest BCUT2D eigenvalue weighted by Gasteiger charge is 2.36. The number of nitrogens with one attached hydrogen (secondary N) is 1. The minimum atomic E-state index is -4.56. The number of benzene rings is 2. The third-order valence-electron chi connectivity index (χ3n) is 5.23. The third-order valence-corrected chi connectivity index (χ3v) is 5.23. The highest BCUT2D eigenvalue weighted by Crippen LogP contribution is 2.32. The van der Waals surface area contributed by atoms with E-state index in [0.29, 0.717) is 32.7 Å². The first-order chi connectivity index (χ1) is 14.3. The van der Waals surface area contributed by atoms with Gasteiger partial charge in [0.15, 0.2) is 0 Å². The Bertz CT molecular complexity index is 1060. The van der Waals surface area contributed by atoms with Crippen LogP contribution in [-0.2, 0) is 12.7 Å². The number of nitrogens with zero attached hydrogens (tertiary/aromatic N) is 3. The summed E-state index contributed by atoms with van der Waals surface area (Å²) in [7, 11) is 1.60. The fourth-order valence-corrected chi connectivity index (χ4v) is 3.65. The van der Waals surface area contributed by atoms with E-state index in [1.165, 1.54) is 23.1 Å². The van der Waals surface area contributed by atoms with Crippen LogP contribution in [0.5, 0.6) is 5.75 Å². The van der Waals surface area contributed by atoms with Gasteiger partial charge in [0.25, 0.3) is 5.91 Å². The first kappa shape index (κ1) is 20.2. The second-order valence-corrected chi connectivity index (χ2v) is 7.18. The Balaban J connectivity index is 1.40. The van der Waals surface area contributed by atoms with Gasteiger partial charge in [0.2, 0.25) is 0 Å². The van der Waals surface area contributed by atoms with Crippen molar-refractivity contribution in [3.63, 3.8) is 0 Å². The molecule has 6 nitrogen and oxygen atoms in total. The Morgan fingerprint density at radius 3 is 2.57 bits per heavy atom. The average Bonchev–Trinajstić information content (AvgIpc) is 3.14. The quantitative estimate of drug-likeness (QED) is 0.704. The SMILES string of the molecule is COc1ccc2nc(CN3CCN(C(=O)c4ccccc4C(F)(F)F)CC3)[nH]c2c1. The first-order valence-corrected chi connectivity index (χ1v) is 9.55. The number of methoxy groups -OCH3 is 1. The molecule has 0 radical (unpaired) electrons. The molecule has 1 N–H and O–H groups in total. The maximum absolute atomic E-state index is 13.2. The molecular weight excluding hydrogens is 397 g/mol. The molecule has 1 amide bonds. The van der Waals surface area contributed by atoms with Gasteiger partial charge in [-0.3, -0.25) is 9.69 Å².